The van der Waals surface area contributed by atoms with Gasteiger partial charge in [0.2, 0.25) is 11.8 Å². The molecule has 0 aliphatic heterocycles. The number of nitrogens with one attached hydrogen (secondary N) is 4. The van der Waals surface area contributed by atoms with Gasteiger partial charge in [-0.3, -0.25) is 14.4 Å². The van der Waals surface area contributed by atoms with Crippen molar-refractivity contribution in [2.45, 2.75) is 158 Å². The molecule has 0 heterocycles. The van der Waals surface area contributed by atoms with Crippen LogP contribution in [0.5, 0.6) is 0 Å². The van der Waals surface area contributed by atoms with Crippen molar-refractivity contribution in [2.24, 2.45) is 17.3 Å². The van der Waals surface area contributed by atoms with Crippen LogP contribution in [0.2, 0.25) is 0 Å². The highest BCUT2D eigenvalue weighted by atomic mass is 16.3. The van der Waals surface area contributed by atoms with Crippen molar-refractivity contribution in [3.05, 3.63) is 0 Å². The number of amides is 2. The predicted molar refractivity (Wildman–Crippen MR) is 202 cm³/mol. The molecule has 0 fully saturated rings. The highest BCUT2D eigenvalue weighted by Gasteiger charge is 2.32. The molecular formula is C36H86N4O4. The lowest BCUT2D eigenvalue weighted by Crippen LogP contribution is -2.41. The van der Waals surface area contributed by atoms with Gasteiger partial charge >= 0.3 is 0 Å². The lowest BCUT2D eigenvalue weighted by atomic mass is 9.79. The lowest BCUT2D eigenvalue weighted by Gasteiger charge is -2.28. The van der Waals surface area contributed by atoms with Gasteiger partial charge in [0.15, 0.2) is 0 Å². The molecule has 0 aliphatic carbocycles. The number of carbonyl (C=O) groups is 3. The van der Waals surface area contributed by atoms with Crippen LogP contribution in [0.25, 0.3) is 0 Å². The lowest BCUT2D eigenvalue weighted by molar-refractivity contribution is -0.131. The summed E-state index contributed by atoms with van der Waals surface area (Å²) in [6.45, 7) is 17.0. The van der Waals surface area contributed by atoms with E-state index in [-0.39, 0.29) is 94.0 Å². The average molecular weight is 639 g/mol. The van der Waals surface area contributed by atoms with Crippen LogP contribution in [-0.4, -0.2) is 68.6 Å². The van der Waals surface area contributed by atoms with Crippen molar-refractivity contribution in [2.75, 3.05) is 33.7 Å². The zero-order valence-corrected chi connectivity index (χ0v) is 25.4. The monoisotopic (exact) mass is 639 g/mol. The quantitative estimate of drug-likeness (QED) is 0.110. The normalized spacial score (nSPS) is 12.1. The summed E-state index contributed by atoms with van der Waals surface area (Å²) in [7, 11) is 3.78. The fourth-order valence-electron chi connectivity index (χ4n) is 3.35. The summed E-state index contributed by atoms with van der Waals surface area (Å²) in [5.41, 5.74) is -0.528. The van der Waals surface area contributed by atoms with E-state index >= 15 is 0 Å². The Hall–Kier alpha value is -1.95. The van der Waals surface area contributed by atoms with Crippen molar-refractivity contribution in [3.63, 3.8) is 0 Å². The van der Waals surface area contributed by atoms with E-state index in [9.17, 15) is 19.5 Å². The topological polar surface area (TPSA) is 120 Å². The molecule has 5 N–H and O–H groups in total. The van der Waals surface area contributed by atoms with Crippen LogP contribution in [0.15, 0.2) is 0 Å². The highest BCUT2D eigenvalue weighted by molar-refractivity contribution is 5.82. The minimum absolute atomic E-state index is 0. The standard InChI is InChI=1S/C21H40N2O4.C4H11N.C4H7N.7CH4/c1-8-21(7,20(27)22-13-16(5)24)11-9-10-18(12-15(4)17(6)25)19(26)23-14(2)3;2*1-3-4-5-2;;;;;;;/h14-16,18,24H,8-13H2,1-7H3,(H,22,27)(H,23,26);5H,3-4H2,1-2H3;1,5H,4H2,2H3;7*1H4. The van der Waals surface area contributed by atoms with Crippen LogP contribution in [0, 0.1) is 29.6 Å². The number of rotatable bonds is 16. The number of Topliss-reactive ketones (excluding diaryl/α,β-unsaturated/α-hetero) is 1. The molecule has 0 spiro atoms. The predicted octanol–water partition coefficient (Wildman–Crippen LogP) is 7.73. The molecule has 2 amide bonds. The van der Waals surface area contributed by atoms with Crippen LogP contribution in [-0.2, 0) is 14.4 Å². The van der Waals surface area contributed by atoms with E-state index < -0.39 is 11.5 Å². The minimum atomic E-state index is -0.577. The molecule has 0 aromatic heterocycles. The average Bonchev–Trinajstić information content (AvgIpc) is 2.82. The fraction of sp³-hybridized carbons (Fsp3) is 0.861. The summed E-state index contributed by atoms with van der Waals surface area (Å²) in [4.78, 5) is 36.6. The summed E-state index contributed by atoms with van der Waals surface area (Å²) in [6.07, 6.45) is 8.74. The molecule has 0 saturated carbocycles. The largest absolute Gasteiger partial charge is 0.392 e. The van der Waals surface area contributed by atoms with E-state index in [2.05, 4.69) is 34.1 Å². The van der Waals surface area contributed by atoms with Gasteiger partial charge in [-0.05, 0) is 80.4 Å². The van der Waals surface area contributed by atoms with Crippen LogP contribution in [0.3, 0.4) is 0 Å². The summed E-state index contributed by atoms with van der Waals surface area (Å²) in [6, 6.07) is 0.0554. The van der Waals surface area contributed by atoms with Crippen LogP contribution < -0.4 is 21.3 Å². The number of hydrogen-bond acceptors (Lipinski definition) is 6. The van der Waals surface area contributed by atoms with Gasteiger partial charge in [0, 0.05) is 29.8 Å². The van der Waals surface area contributed by atoms with Crippen molar-refractivity contribution >= 4 is 17.6 Å². The number of aliphatic hydroxyl groups excluding tert-OH is 1. The van der Waals surface area contributed by atoms with Crippen molar-refractivity contribution < 1.29 is 19.5 Å². The molecule has 0 aromatic rings. The SMILES string of the molecule is C.C.C.C.C.C.C.C#CCNC.CCC(C)(CCCC(CC(C)C(C)=O)C(=O)NC(C)C)C(=O)NCC(C)O.CCCNC. The molecule has 0 radical (unpaired) electrons. The van der Waals surface area contributed by atoms with Gasteiger partial charge in [-0.25, -0.2) is 0 Å². The zero-order chi connectivity index (χ0) is 29.4. The maximum atomic E-state index is 12.5. The Morgan fingerprint density at radius 1 is 0.909 bits per heavy atom. The van der Waals surface area contributed by atoms with E-state index in [0.29, 0.717) is 32.2 Å². The van der Waals surface area contributed by atoms with Crippen LogP contribution in [0.4, 0.5) is 0 Å². The molecular weight excluding hydrogens is 552 g/mol. The van der Waals surface area contributed by atoms with E-state index in [0.717, 1.165) is 13.0 Å². The molecule has 0 saturated heterocycles. The Kier molecular flexibility index (Phi) is 67.7. The van der Waals surface area contributed by atoms with E-state index in [1.807, 2.05) is 48.7 Å². The molecule has 0 bridgehead atoms. The fourth-order valence-corrected chi connectivity index (χ4v) is 3.35. The molecule has 0 rings (SSSR count). The zero-order valence-electron chi connectivity index (χ0n) is 25.4. The third-order valence-corrected chi connectivity index (χ3v) is 6.08. The smallest absolute Gasteiger partial charge is 0.226 e. The van der Waals surface area contributed by atoms with Gasteiger partial charge in [-0.1, -0.05) is 92.0 Å². The molecule has 8 nitrogen and oxygen atoms in total. The second kappa shape index (κ2) is 43.2. The number of ketones is 1. The van der Waals surface area contributed by atoms with Gasteiger partial charge < -0.3 is 26.4 Å². The maximum Gasteiger partial charge on any atom is 0.226 e. The van der Waals surface area contributed by atoms with E-state index in [1.54, 1.807) is 13.8 Å². The first kappa shape index (κ1) is 69.0. The van der Waals surface area contributed by atoms with E-state index in [1.165, 1.54) is 6.42 Å². The van der Waals surface area contributed by atoms with Crippen molar-refractivity contribution in [1.29, 1.82) is 0 Å². The van der Waals surface area contributed by atoms with Crippen LogP contribution in [0.1, 0.15) is 146 Å². The second-order valence-electron chi connectivity index (χ2n) is 10.3. The Morgan fingerprint density at radius 2 is 1.41 bits per heavy atom. The maximum absolute atomic E-state index is 12.5. The first-order valence-electron chi connectivity index (χ1n) is 13.8. The van der Waals surface area contributed by atoms with Crippen molar-refractivity contribution in [1.82, 2.24) is 21.3 Å². The molecule has 0 aromatic carbocycles. The molecule has 0 aliphatic rings. The number of terminal acetylenes is 1. The summed E-state index contributed by atoms with van der Waals surface area (Å²) in [5, 5.41) is 20.9. The summed E-state index contributed by atoms with van der Waals surface area (Å²) >= 11 is 0. The third-order valence-electron chi connectivity index (χ3n) is 6.08. The molecule has 4 atom stereocenters. The Bertz CT molecular complexity index is 647. The third kappa shape index (κ3) is 40.1. The number of carbonyl (C=O) groups excluding carboxylic acids is 3. The summed E-state index contributed by atoms with van der Waals surface area (Å²) in [5.74, 6) is 2.03. The Labute approximate surface area is 279 Å². The highest BCUT2D eigenvalue weighted by Crippen LogP contribution is 2.30. The van der Waals surface area contributed by atoms with Crippen molar-refractivity contribution in [3.8, 4) is 12.3 Å². The molecule has 8 heteroatoms. The Balaban J connectivity index is -0.0000000737. The van der Waals surface area contributed by atoms with E-state index in [4.69, 9.17) is 6.42 Å². The van der Waals surface area contributed by atoms with Gasteiger partial charge in [-0.2, -0.15) is 0 Å². The summed E-state index contributed by atoms with van der Waals surface area (Å²) < 4.78 is 0. The Morgan fingerprint density at radius 3 is 1.68 bits per heavy atom. The van der Waals surface area contributed by atoms with Gasteiger partial charge in [0.1, 0.15) is 5.78 Å². The number of hydrogen-bond donors (Lipinski definition) is 5. The number of aliphatic hydroxyl groups is 1. The van der Waals surface area contributed by atoms with Gasteiger partial charge in [0.25, 0.3) is 0 Å². The van der Waals surface area contributed by atoms with Gasteiger partial charge in [0.05, 0.1) is 12.6 Å². The molecule has 4 unspecified atom stereocenters. The second-order valence-corrected chi connectivity index (χ2v) is 10.3. The first-order chi connectivity index (χ1) is 17.3. The minimum Gasteiger partial charge on any atom is -0.392 e. The molecule has 274 valence electrons. The molecule has 44 heavy (non-hydrogen) atoms. The first-order valence-corrected chi connectivity index (χ1v) is 13.8. The van der Waals surface area contributed by atoms with Crippen LogP contribution >= 0.6 is 0 Å². The van der Waals surface area contributed by atoms with Gasteiger partial charge in [-0.15, -0.1) is 6.42 Å².